The number of ether oxygens (including phenoxy) is 2. The van der Waals surface area contributed by atoms with Gasteiger partial charge in [0.05, 0.1) is 0 Å². The topological polar surface area (TPSA) is 71.1 Å². The maximum absolute atomic E-state index is 12.7. The Kier molecular flexibility index (Phi) is 4.86. The number of rotatable bonds is 2. The molecule has 1 saturated heterocycles. The zero-order valence-electron chi connectivity index (χ0n) is 14.9. The largest absolute Gasteiger partial charge is 0.454 e. The maximum Gasteiger partial charge on any atom is 0.317 e. The van der Waals surface area contributed by atoms with E-state index in [1.54, 1.807) is 23.1 Å². The molecule has 2 fully saturated rings. The van der Waals surface area contributed by atoms with Gasteiger partial charge in [0.1, 0.15) is 0 Å². The highest BCUT2D eigenvalue weighted by Gasteiger charge is 2.27. The van der Waals surface area contributed by atoms with Crippen molar-refractivity contribution in [3.8, 4) is 11.5 Å². The number of hydrogen-bond acceptors (Lipinski definition) is 4. The first-order chi connectivity index (χ1) is 12.7. The summed E-state index contributed by atoms with van der Waals surface area (Å²) in [6, 6.07) is 5.57. The number of urea groups is 1. The second-order valence-electron chi connectivity index (χ2n) is 7.13. The van der Waals surface area contributed by atoms with Crippen molar-refractivity contribution < 1.29 is 19.1 Å². The molecule has 26 heavy (non-hydrogen) atoms. The predicted molar refractivity (Wildman–Crippen MR) is 95.4 cm³/mol. The van der Waals surface area contributed by atoms with Crippen LogP contribution < -0.4 is 14.8 Å². The Balaban J connectivity index is 1.30. The van der Waals surface area contributed by atoms with Gasteiger partial charge < -0.3 is 24.6 Å². The van der Waals surface area contributed by atoms with Crippen LogP contribution in [-0.4, -0.2) is 60.8 Å². The van der Waals surface area contributed by atoms with Crippen LogP contribution in [0.3, 0.4) is 0 Å². The summed E-state index contributed by atoms with van der Waals surface area (Å²) in [5.41, 5.74) is 0.592. The average molecular weight is 359 g/mol. The van der Waals surface area contributed by atoms with Crippen molar-refractivity contribution in [3.63, 3.8) is 0 Å². The number of nitrogens with one attached hydrogen (secondary N) is 1. The summed E-state index contributed by atoms with van der Waals surface area (Å²) in [7, 11) is 0. The summed E-state index contributed by atoms with van der Waals surface area (Å²) >= 11 is 0. The SMILES string of the molecule is O=C(NC1CCCCC1)N1CCN(C(=O)c2ccc3c(c2)OCO3)CC1. The summed E-state index contributed by atoms with van der Waals surface area (Å²) < 4.78 is 10.6. The molecule has 1 N–H and O–H groups in total. The number of hydrogen-bond donors (Lipinski definition) is 1. The zero-order chi connectivity index (χ0) is 17.9. The van der Waals surface area contributed by atoms with Gasteiger partial charge in [-0.15, -0.1) is 0 Å². The minimum atomic E-state index is -0.0318. The van der Waals surface area contributed by atoms with Crippen molar-refractivity contribution in [2.24, 2.45) is 0 Å². The van der Waals surface area contributed by atoms with Gasteiger partial charge in [-0.25, -0.2) is 4.79 Å². The lowest BCUT2D eigenvalue weighted by Crippen LogP contribution is -2.54. The third-order valence-corrected chi connectivity index (χ3v) is 5.41. The third kappa shape index (κ3) is 3.57. The van der Waals surface area contributed by atoms with Gasteiger partial charge in [-0.2, -0.15) is 0 Å². The normalized spacial score (nSPS) is 20.2. The number of nitrogens with zero attached hydrogens (tertiary/aromatic N) is 2. The first-order valence-electron chi connectivity index (χ1n) is 9.45. The van der Waals surface area contributed by atoms with Crippen molar-refractivity contribution in [3.05, 3.63) is 23.8 Å². The number of carbonyl (C=O) groups is 2. The van der Waals surface area contributed by atoms with E-state index >= 15 is 0 Å². The molecule has 2 heterocycles. The third-order valence-electron chi connectivity index (χ3n) is 5.41. The van der Waals surface area contributed by atoms with Crippen LogP contribution in [0.2, 0.25) is 0 Å². The molecule has 1 aromatic carbocycles. The predicted octanol–water partition coefficient (Wildman–Crippen LogP) is 2.22. The first-order valence-corrected chi connectivity index (χ1v) is 9.45. The number of piperazine rings is 1. The first kappa shape index (κ1) is 17.0. The van der Waals surface area contributed by atoms with E-state index in [0.29, 0.717) is 49.3 Å². The maximum atomic E-state index is 12.7. The van der Waals surface area contributed by atoms with Crippen LogP contribution in [-0.2, 0) is 0 Å². The highest BCUT2D eigenvalue weighted by atomic mass is 16.7. The van der Waals surface area contributed by atoms with Crippen molar-refractivity contribution in [2.75, 3.05) is 33.0 Å². The second kappa shape index (κ2) is 7.43. The summed E-state index contributed by atoms with van der Waals surface area (Å²) in [5.74, 6) is 1.25. The molecular formula is C19H25N3O4. The Hall–Kier alpha value is -2.44. The lowest BCUT2D eigenvalue weighted by atomic mass is 9.96. The van der Waals surface area contributed by atoms with E-state index in [4.69, 9.17) is 9.47 Å². The Morgan fingerprint density at radius 2 is 1.62 bits per heavy atom. The molecule has 1 aliphatic carbocycles. The minimum Gasteiger partial charge on any atom is -0.454 e. The van der Waals surface area contributed by atoms with Crippen LogP contribution >= 0.6 is 0 Å². The van der Waals surface area contributed by atoms with Gasteiger partial charge in [0, 0.05) is 37.8 Å². The zero-order valence-corrected chi connectivity index (χ0v) is 14.9. The van der Waals surface area contributed by atoms with Crippen LogP contribution in [0.1, 0.15) is 42.5 Å². The number of carbonyl (C=O) groups excluding carboxylic acids is 2. The van der Waals surface area contributed by atoms with Crippen LogP contribution in [0.25, 0.3) is 0 Å². The van der Waals surface area contributed by atoms with Crippen LogP contribution in [0.15, 0.2) is 18.2 Å². The fraction of sp³-hybridized carbons (Fsp3) is 0.579. The molecule has 0 bridgehead atoms. The van der Waals surface area contributed by atoms with E-state index in [9.17, 15) is 9.59 Å². The molecule has 3 aliphatic rings. The molecule has 7 nitrogen and oxygen atoms in total. The van der Waals surface area contributed by atoms with Gasteiger partial charge in [-0.1, -0.05) is 19.3 Å². The molecule has 7 heteroatoms. The molecule has 3 amide bonds. The summed E-state index contributed by atoms with van der Waals surface area (Å²) in [6.07, 6.45) is 5.82. The Bertz CT molecular complexity index is 679. The van der Waals surface area contributed by atoms with Crippen molar-refractivity contribution in [1.29, 1.82) is 0 Å². The van der Waals surface area contributed by atoms with Crippen molar-refractivity contribution >= 4 is 11.9 Å². The molecule has 1 saturated carbocycles. The minimum absolute atomic E-state index is 0.00655. The van der Waals surface area contributed by atoms with Gasteiger partial charge in [0.15, 0.2) is 11.5 Å². The van der Waals surface area contributed by atoms with Crippen LogP contribution in [0, 0.1) is 0 Å². The highest BCUT2D eigenvalue weighted by Crippen LogP contribution is 2.32. The van der Waals surface area contributed by atoms with Gasteiger partial charge in [0.2, 0.25) is 6.79 Å². The monoisotopic (exact) mass is 359 g/mol. The van der Waals surface area contributed by atoms with Crippen LogP contribution in [0.5, 0.6) is 11.5 Å². The standard InChI is InChI=1S/C19H25N3O4/c23-18(14-6-7-16-17(12-14)26-13-25-16)21-8-10-22(11-9-21)19(24)20-15-4-2-1-3-5-15/h6-7,12,15H,1-5,8-11,13H2,(H,20,24). The van der Waals surface area contributed by atoms with E-state index in [0.717, 1.165) is 12.8 Å². The summed E-state index contributed by atoms with van der Waals surface area (Å²) in [5, 5.41) is 3.15. The number of benzene rings is 1. The van der Waals surface area contributed by atoms with E-state index in [1.165, 1.54) is 19.3 Å². The number of amides is 3. The Morgan fingerprint density at radius 3 is 2.38 bits per heavy atom. The van der Waals surface area contributed by atoms with Gasteiger partial charge in [0.25, 0.3) is 5.91 Å². The van der Waals surface area contributed by atoms with E-state index in [2.05, 4.69) is 5.32 Å². The molecule has 0 radical (unpaired) electrons. The van der Waals surface area contributed by atoms with Gasteiger partial charge in [-0.05, 0) is 31.0 Å². The van der Waals surface area contributed by atoms with Crippen molar-refractivity contribution in [2.45, 2.75) is 38.1 Å². The molecule has 0 unspecified atom stereocenters. The molecular weight excluding hydrogens is 334 g/mol. The quantitative estimate of drug-likeness (QED) is 0.879. The average Bonchev–Trinajstić information content (AvgIpc) is 3.16. The lowest BCUT2D eigenvalue weighted by Gasteiger charge is -2.36. The molecule has 0 aromatic heterocycles. The molecule has 2 aliphatic heterocycles. The van der Waals surface area contributed by atoms with E-state index < -0.39 is 0 Å². The molecule has 0 spiro atoms. The molecule has 4 rings (SSSR count). The molecule has 0 atom stereocenters. The fourth-order valence-electron chi connectivity index (χ4n) is 3.84. The van der Waals surface area contributed by atoms with E-state index in [1.807, 2.05) is 4.90 Å². The lowest BCUT2D eigenvalue weighted by molar-refractivity contribution is 0.0662. The smallest absolute Gasteiger partial charge is 0.317 e. The highest BCUT2D eigenvalue weighted by molar-refractivity contribution is 5.95. The number of fused-ring (bicyclic) bond motifs is 1. The second-order valence-corrected chi connectivity index (χ2v) is 7.13. The van der Waals surface area contributed by atoms with Gasteiger partial charge in [-0.3, -0.25) is 4.79 Å². The molecule has 1 aromatic rings. The van der Waals surface area contributed by atoms with Crippen LogP contribution in [0.4, 0.5) is 4.79 Å². The van der Waals surface area contributed by atoms with Gasteiger partial charge >= 0.3 is 6.03 Å². The fourth-order valence-corrected chi connectivity index (χ4v) is 3.84. The summed E-state index contributed by atoms with van der Waals surface area (Å²) in [6.45, 7) is 2.42. The Labute approximate surface area is 153 Å². The summed E-state index contributed by atoms with van der Waals surface area (Å²) in [4.78, 5) is 28.7. The van der Waals surface area contributed by atoms with E-state index in [-0.39, 0.29) is 18.7 Å². The van der Waals surface area contributed by atoms with Crippen molar-refractivity contribution in [1.82, 2.24) is 15.1 Å². The Morgan fingerprint density at radius 1 is 0.923 bits per heavy atom. The molecule has 140 valence electrons.